The summed E-state index contributed by atoms with van der Waals surface area (Å²) >= 11 is 1.88. The molecule has 0 unspecified atom stereocenters. The van der Waals surface area contributed by atoms with Crippen LogP contribution in [0.25, 0.3) is 0 Å². The Balaban J connectivity index is 1.58. The highest BCUT2D eigenvalue weighted by molar-refractivity contribution is 7.99. The van der Waals surface area contributed by atoms with E-state index in [0.29, 0.717) is 6.10 Å². The highest BCUT2D eigenvalue weighted by atomic mass is 32.2. The van der Waals surface area contributed by atoms with Crippen LogP contribution in [0.15, 0.2) is 35.2 Å². The molecule has 1 nitrogen and oxygen atoms in total. The van der Waals surface area contributed by atoms with Gasteiger partial charge in [0.05, 0.1) is 12.7 Å². The molecule has 2 rings (SSSR count). The van der Waals surface area contributed by atoms with E-state index in [4.69, 9.17) is 4.74 Å². The molecule has 2 heteroatoms. The first kappa shape index (κ1) is 12.0. The Morgan fingerprint density at radius 2 is 1.81 bits per heavy atom. The Morgan fingerprint density at radius 3 is 2.56 bits per heavy atom. The van der Waals surface area contributed by atoms with Gasteiger partial charge in [0.2, 0.25) is 0 Å². The first-order chi connectivity index (χ1) is 7.95. The summed E-state index contributed by atoms with van der Waals surface area (Å²) in [7, 11) is 0. The molecule has 0 radical (unpaired) electrons. The van der Waals surface area contributed by atoms with Crippen LogP contribution < -0.4 is 0 Å². The second-order valence-electron chi connectivity index (χ2n) is 4.29. The Hall–Kier alpha value is -0.470. The van der Waals surface area contributed by atoms with Crippen LogP contribution in [0, 0.1) is 0 Å². The molecule has 1 aromatic carbocycles. The molecule has 16 heavy (non-hydrogen) atoms. The molecule has 0 aromatic heterocycles. The van der Waals surface area contributed by atoms with E-state index in [1.165, 1.54) is 37.0 Å². The second-order valence-corrected chi connectivity index (χ2v) is 5.46. The van der Waals surface area contributed by atoms with Crippen molar-refractivity contribution in [2.45, 2.75) is 43.1 Å². The van der Waals surface area contributed by atoms with E-state index >= 15 is 0 Å². The van der Waals surface area contributed by atoms with Crippen molar-refractivity contribution in [2.24, 2.45) is 0 Å². The summed E-state index contributed by atoms with van der Waals surface area (Å²) in [6, 6.07) is 10.5. The van der Waals surface area contributed by atoms with Crippen LogP contribution >= 0.6 is 11.8 Å². The lowest BCUT2D eigenvalue weighted by molar-refractivity contribution is 0.0385. The highest BCUT2D eigenvalue weighted by Crippen LogP contribution is 2.21. The number of hydrogen-bond donors (Lipinski definition) is 0. The van der Waals surface area contributed by atoms with Gasteiger partial charge in [-0.2, -0.15) is 0 Å². The number of thioether (sulfide) groups is 1. The summed E-state index contributed by atoms with van der Waals surface area (Å²) in [6.45, 7) is 0.893. The lowest BCUT2D eigenvalue weighted by Crippen LogP contribution is -2.17. The van der Waals surface area contributed by atoms with E-state index < -0.39 is 0 Å². The van der Waals surface area contributed by atoms with Gasteiger partial charge < -0.3 is 4.74 Å². The first-order valence-corrected chi connectivity index (χ1v) is 7.23. The third-order valence-electron chi connectivity index (χ3n) is 3.00. The van der Waals surface area contributed by atoms with Crippen LogP contribution in [0.1, 0.15) is 32.1 Å². The van der Waals surface area contributed by atoms with Crippen molar-refractivity contribution in [1.82, 2.24) is 0 Å². The monoisotopic (exact) mass is 236 g/mol. The summed E-state index contributed by atoms with van der Waals surface area (Å²) in [6.07, 6.45) is 7.21. The highest BCUT2D eigenvalue weighted by Gasteiger charge is 2.12. The molecule has 0 N–H and O–H groups in total. The minimum atomic E-state index is 0.546. The third kappa shape index (κ3) is 4.18. The van der Waals surface area contributed by atoms with Gasteiger partial charge in [-0.3, -0.25) is 0 Å². The molecule has 0 heterocycles. The fourth-order valence-electron chi connectivity index (χ4n) is 2.12. The number of rotatable bonds is 5. The topological polar surface area (TPSA) is 9.23 Å². The second kappa shape index (κ2) is 6.97. The molecule has 0 saturated heterocycles. The molecule has 0 amide bonds. The Kier molecular flexibility index (Phi) is 5.23. The molecular weight excluding hydrogens is 216 g/mol. The van der Waals surface area contributed by atoms with Gasteiger partial charge in [-0.05, 0) is 25.0 Å². The average molecular weight is 236 g/mol. The molecule has 1 aliphatic carbocycles. The maximum atomic E-state index is 5.88. The molecule has 1 aromatic rings. The predicted octanol–water partition coefficient (Wildman–Crippen LogP) is 4.13. The van der Waals surface area contributed by atoms with E-state index in [0.717, 1.165) is 12.4 Å². The quantitative estimate of drug-likeness (QED) is 0.561. The number of ether oxygens (including phenoxy) is 1. The molecule has 0 atom stereocenters. The van der Waals surface area contributed by atoms with Crippen LogP contribution in [0.5, 0.6) is 0 Å². The summed E-state index contributed by atoms with van der Waals surface area (Å²) in [5.41, 5.74) is 0. The maximum absolute atomic E-state index is 5.88. The Bertz CT molecular complexity index is 280. The fourth-order valence-corrected chi connectivity index (χ4v) is 2.89. The standard InChI is InChI=1S/C14H20OS/c1-3-7-13(8-4-1)15-11-12-16-14-9-5-2-6-10-14/h2,5-6,9-10,13H,1,3-4,7-8,11-12H2. The predicted molar refractivity (Wildman–Crippen MR) is 70.0 cm³/mol. The lowest BCUT2D eigenvalue weighted by Gasteiger charge is -2.21. The van der Waals surface area contributed by atoms with Gasteiger partial charge in [-0.15, -0.1) is 11.8 Å². The molecule has 0 bridgehead atoms. The summed E-state index contributed by atoms with van der Waals surface area (Å²) in [5, 5.41) is 0. The van der Waals surface area contributed by atoms with Crippen molar-refractivity contribution in [2.75, 3.05) is 12.4 Å². The van der Waals surface area contributed by atoms with E-state index in [1.807, 2.05) is 11.8 Å². The zero-order chi connectivity index (χ0) is 11.1. The summed E-state index contributed by atoms with van der Waals surface area (Å²) < 4.78 is 5.88. The van der Waals surface area contributed by atoms with Gasteiger partial charge in [-0.25, -0.2) is 0 Å². The van der Waals surface area contributed by atoms with Crippen molar-refractivity contribution in [3.63, 3.8) is 0 Å². The maximum Gasteiger partial charge on any atom is 0.0575 e. The van der Waals surface area contributed by atoms with Gasteiger partial charge in [0, 0.05) is 10.6 Å². The first-order valence-electron chi connectivity index (χ1n) is 6.24. The minimum Gasteiger partial charge on any atom is -0.377 e. The average Bonchev–Trinajstić information content (AvgIpc) is 2.37. The van der Waals surface area contributed by atoms with E-state index in [9.17, 15) is 0 Å². The SMILES string of the molecule is c1ccc(SCCOC2CCCCC2)cc1. The van der Waals surface area contributed by atoms with Gasteiger partial charge >= 0.3 is 0 Å². The van der Waals surface area contributed by atoms with Crippen molar-refractivity contribution in [1.29, 1.82) is 0 Å². The van der Waals surface area contributed by atoms with Gasteiger partial charge in [0.15, 0.2) is 0 Å². The molecule has 0 aliphatic heterocycles. The van der Waals surface area contributed by atoms with Gasteiger partial charge in [-0.1, -0.05) is 37.5 Å². The van der Waals surface area contributed by atoms with Crippen LogP contribution in [-0.4, -0.2) is 18.5 Å². The molecular formula is C14H20OS. The van der Waals surface area contributed by atoms with Crippen molar-refractivity contribution in [3.8, 4) is 0 Å². The summed E-state index contributed by atoms with van der Waals surface area (Å²) in [5.74, 6) is 1.07. The molecule has 1 fully saturated rings. The van der Waals surface area contributed by atoms with Gasteiger partial charge in [0.1, 0.15) is 0 Å². The lowest BCUT2D eigenvalue weighted by atomic mass is 9.98. The minimum absolute atomic E-state index is 0.546. The molecule has 1 aliphatic rings. The number of hydrogen-bond acceptors (Lipinski definition) is 2. The molecule has 88 valence electrons. The van der Waals surface area contributed by atoms with Crippen molar-refractivity contribution in [3.05, 3.63) is 30.3 Å². The summed E-state index contributed by atoms with van der Waals surface area (Å²) in [4.78, 5) is 1.34. The number of benzene rings is 1. The Labute approximate surface area is 103 Å². The zero-order valence-electron chi connectivity index (χ0n) is 9.73. The van der Waals surface area contributed by atoms with Crippen molar-refractivity contribution < 1.29 is 4.74 Å². The van der Waals surface area contributed by atoms with Crippen LogP contribution in [-0.2, 0) is 4.74 Å². The normalized spacial score (nSPS) is 17.5. The third-order valence-corrected chi connectivity index (χ3v) is 3.98. The molecule has 1 saturated carbocycles. The smallest absolute Gasteiger partial charge is 0.0575 e. The van der Waals surface area contributed by atoms with E-state index in [2.05, 4.69) is 30.3 Å². The van der Waals surface area contributed by atoms with Crippen molar-refractivity contribution >= 4 is 11.8 Å². The van der Waals surface area contributed by atoms with Crippen LogP contribution in [0.3, 0.4) is 0 Å². The van der Waals surface area contributed by atoms with Crippen LogP contribution in [0.4, 0.5) is 0 Å². The van der Waals surface area contributed by atoms with E-state index in [-0.39, 0.29) is 0 Å². The van der Waals surface area contributed by atoms with Gasteiger partial charge in [0.25, 0.3) is 0 Å². The largest absolute Gasteiger partial charge is 0.377 e. The zero-order valence-corrected chi connectivity index (χ0v) is 10.5. The van der Waals surface area contributed by atoms with Crippen LogP contribution in [0.2, 0.25) is 0 Å². The Morgan fingerprint density at radius 1 is 1.06 bits per heavy atom. The van der Waals surface area contributed by atoms with E-state index in [1.54, 1.807) is 0 Å². The fraction of sp³-hybridized carbons (Fsp3) is 0.571. The molecule has 0 spiro atoms.